The SMILES string of the molecule is COCCOCC(=O)Nc1cc(CNc2ncsc2CC(=O)Nc2ccc3c(c2)OC(F)(F)C(F)(F)O3)ccn1. The fourth-order valence-electron chi connectivity index (χ4n) is 3.36. The average Bonchev–Trinajstić information content (AvgIpc) is 3.33. The Hall–Kier alpha value is -4.02. The fourth-order valence-corrected chi connectivity index (χ4v) is 4.10. The van der Waals surface area contributed by atoms with Crippen molar-refractivity contribution >= 4 is 40.5 Å². The van der Waals surface area contributed by atoms with Gasteiger partial charge in [0.05, 0.1) is 30.0 Å². The number of nitrogens with one attached hydrogen (secondary N) is 3. The number of aromatic nitrogens is 2. The van der Waals surface area contributed by atoms with Crippen molar-refractivity contribution in [3.05, 3.63) is 52.5 Å². The Morgan fingerprint density at radius 3 is 2.52 bits per heavy atom. The number of rotatable bonds is 12. The Balaban J connectivity index is 1.30. The van der Waals surface area contributed by atoms with Gasteiger partial charge in [-0.1, -0.05) is 0 Å². The number of carbonyl (C=O) groups is 2. The van der Waals surface area contributed by atoms with Crippen molar-refractivity contribution in [3.63, 3.8) is 0 Å². The van der Waals surface area contributed by atoms with E-state index in [1.165, 1.54) is 30.7 Å². The summed E-state index contributed by atoms with van der Waals surface area (Å²) < 4.78 is 71.7. The van der Waals surface area contributed by atoms with E-state index in [9.17, 15) is 27.2 Å². The minimum Gasteiger partial charge on any atom is -0.421 e. The lowest BCUT2D eigenvalue weighted by atomic mass is 10.2. The molecule has 1 aromatic carbocycles. The smallest absolute Gasteiger partial charge is 0.421 e. The number of hydrogen-bond acceptors (Lipinski definition) is 10. The number of halogens is 4. The van der Waals surface area contributed by atoms with Crippen LogP contribution in [-0.2, 0) is 32.0 Å². The number of anilines is 3. The van der Waals surface area contributed by atoms with Gasteiger partial charge in [0.15, 0.2) is 11.5 Å². The number of amides is 2. The molecular weight excluding hydrogens is 562 g/mol. The molecule has 0 saturated carbocycles. The van der Waals surface area contributed by atoms with E-state index in [0.29, 0.717) is 29.7 Å². The van der Waals surface area contributed by atoms with Crippen LogP contribution in [0.2, 0.25) is 0 Å². The van der Waals surface area contributed by atoms with E-state index < -0.39 is 29.6 Å². The van der Waals surface area contributed by atoms with E-state index in [0.717, 1.165) is 17.7 Å². The highest BCUT2D eigenvalue weighted by Gasteiger charge is 2.65. The fraction of sp³-hybridized carbons (Fsp3) is 0.333. The molecule has 3 N–H and O–H groups in total. The number of alkyl halides is 4. The molecule has 11 nitrogen and oxygen atoms in total. The molecule has 1 aliphatic heterocycles. The van der Waals surface area contributed by atoms with Gasteiger partial charge in [0.2, 0.25) is 5.91 Å². The van der Waals surface area contributed by atoms with E-state index >= 15 is 0 Å². The van der Waals surface area contributed by atoms with Gasteiger partial charge >= 0.3 is 12.2 Å². The number of methoxy groups -OCH3 is 1. The molecule has 16 heteroatoms. The third-order valence-electron chi connectivity index (χ3n) is 5.22. The number of ether oxygens (including phenoxy) is 4. The summed E-state index contributed by atoms with van der Waals surface area (Å²) in [5.74, 6) is -1.33. The second-order valence-corrected chi connectivity index (χ2v) is 9.18. The number of benzene rings is 1. The lowest BCUT2D eigenvalue weighted by Crippen LogP contribution is -2.52. The summed E-state index contributed by atoms with van der Waals surface area (Å²) in [7, 11) is 1.53. The number of nitrogens with zero attached hydrogens (tertiary/aromatic N) is 2. The molecule has 1 aliphatic rings. The first-order chi connectivity index (χ1) is 19.1. The first kappa shape index (κ1) is 29.0. The molecule has 0 fully saturated rings. The predicted molar refractivity (Wildman–Crippen MR) is 135 cm³/mol. The maximum absolute atomic E-state index is 13.5. The Labute approximate surface area is 228 Å². The zero-order valence-corrected chi connectivity index (χ0v) is 21.7. The van der Waals surface area contributed by atoms with Crippen LogP contribution >= 0.6 is 11.3 Å². The molecule has 3 heterocycles. The quantitative estimate of drug-likeness (QED) is 0.214. The Morgan fingerprint density at radius 2 is 1.75 bits per heavy atom. The van der Waals surface area contributed by atoms with Crippen LogP contribution in [0.25, 0.3) is 0 Å². The lowest BCUT2D eigenvalue weighted by molar-refractivity contribution is -0.391. The minimum atomic E-state index is -4.87. The predicted octanol–water partition coefficient (Wildman–Crippen LogP) is 3.89. The second-order valence-electron chi connectivity index (χ2n) is 8.24. The van der Waals surface area contributed by atoms with E-state index in [-0.39, 0.29) is 31.2 Å². The maximum Gasteiger partial charge on any atom is 0.507 e. The van der Waals surface area contributed by atoms with Gasteiger partial charge in [-0.3, -0.25) is 9.59 Å². The zero-order chi connectivity index (χ0) is 28.8. The largest absolute Gasteiger partial charge is 0.507 e. The first-order valence-electron chi connectivity index (χ1n) is 11.6. The van der Waals surface area contributed by atoms with E-state index in [1.807, 2.05) is 0 Å². The van der Waals surface area contributed by atoms with Crippen LogP contribution in [0.4, 0.5) is 34.9 Å². The van der Waals surface area contributed by atoms with Crippen LogP contribution in [0.5, 0.6) is 11.5 Å². The molecule has 4 rings (SSSR count). The molecule has 3 aromatic rings. The van der Waals surface area contributed by atoms with E-state index in [2.05, 4.69) is 35.4 Å². The van der Waals surface area contributed by atoms with Crippen molar-refractivity contribution in [3.8, 4) is 11.5 Å². The number of thiazole rings is 1. The first-order valence-corrected chi connectivity index (χ1v) is 12.5. The van der Waals surface area contributed by atoms with Crippen LogP contribution in [0, 0.1) is 0 Å². The number of pyridine rings is 1. The molecule has 40 heavy (non-hydrogen) atoms. The Kier molecular flexibility index (Phi) is 9.01. The molecule has 0 saturated heterocycles. The summed E-state index contributed by atoms with van der Waals surface area (Å²) in [6.07, 6.45) is -8.29. The van der Waals surface area contributed by atoms with Gasteiger partial charge < -0.3 is 34.9 Å². The van der Waals surface area contributed by atoms with Gasteiger partial charge in [-0.2, -0.15) is 17.6 Å². The summed E-state index contributed by atoms with van der Waals surface area (Å²) in [5, 5.41) is 8.25. The molecule has 0 aliphatic carbocycles. The van der Waals surface area contributed by atoms with Crippen molar-refractivity contribution in [2.75, 3.05) is 42.9 Å². The van der Waals surface area contributed by atoms with Crippen LogP contribution < -0.4 is 25.4 Å². The average molecular weight is 586 g/mol. The highest BCUT2D eigenvalue weighted by Crippen LogP contribution is 2.47. The van der Waals surface area contributed by atoms with Gasteiger partial charge in [0, 0.05) is 31.6 Å². The third-order valence-corrected chi connectivity index (χ3v) is 6.05. The molecule has 2 aromatic heterocycles. The molecule has 214 valence electrons. The van der Waals surface area contributed by atoms with Gasteiger partial charge in [-0.05, 0) is 29.8 Å². The summed E-state index contributed by atoms with van der Waals surface area (Å²) in [4.78, 5) is 33.5. The Bertz CT molecular complexity index is 1360. The lowest BCUT2D eigenvalue weighted by Gasteiger charge is -2.31. The summed E-state index contributed by atoms with van der Waals surface area (Å²) in [6, 6.07) is 6.58. The third kappa shape index (κ3) is 7.34. The molecule has 2 amide bonds. The summed E-state index contributed by atoms with van der Waals surface area (Å²) in [6.45, 7) is 0.810. The zero-order valence-electron chi connectivity index (χ0n) is 20.8. The van der Waals surface area contributed by atoms with Crippen molar-refractivity contribution in [2.24, 2.45) is 0 Å². The molecule has 0 radical (unpaired) electrons. The van der Waals surface area contributed by atoms with Crippen molar-refractivity contribution in [2.45, 2.75) is 25.2 Å². The number of hydrogen-bond donors (Lipinski definition) is 3. The van der Waals surface area contributed by atoms with Crippen LogP contribution in [0.3, 0.4) is 0 Å². The number of fused-ring (bicyclic) bond motifs is 1. The van der Waals surface area contributed by atoms with Gasteiger partial charge in [0.1, 0.15) is 18.2 Å². The molecular formula is C24H23F4N5O6S. The number of carbonyl (C=O) groups excluding carboxylic acids is 2. The summed E-state index contributed by atoms with van der Waals surface area (Å²) in [5.41, 5.74) is 2.36. The van der Waals surface area contributed by atoms with Crippen LogP contribution in [-0.4, -0.2) is 60.9 Å². The van der Waals surface area contributed by atoms with E-state index in [4.69, 9.17) is 9.47 Å². The second kappa shape index (κ2) is 12.4. The monoisotopic (exact) mass is 585 g/mol. The molecule has 0 atom stereocenters. The molecule has 0 spiro atoms. The van der Waals surface area contributed by atoms with Gasteiger partial charge in [-0.25, -0.2) is 9.97 Å². The highest BCUT2D eigenvalue weighted by atomic mass is 32.1. The molecule has 0 unspecified atom stereocenters. The standard InChI is InChI=1S/C24H23F4N5O6S/c1-36-6-7-37-12-21(35)33-19-8-14(4-5-29-19)11-30-22-18(40-13-31-22)10-20(34)32-15-2-3-16-17(9-15)39-24(27,28)23(25,26)38-16/h2-5,8-9,13,30H,6-7,10-12H2,1H3,(H,32,34)(H,29,33,35). The van der Waals surface area contributed by atoms with Gasteiger partial charge in [0.25, 0.3) is 5.91 Å². The summed E-state index contributed by atoms with van der Waals surface area (Å²) >= 11 is 1.21. The van der Waals surface area contributed by atoms with Crippen LogP contribution in [0.15, 0.2) is 42.0 Å². The van der Waals surface area contributed by atoms with Crippen molar-refractivity contribution in [1.82, 2.24) is 9.97 Å². The van der Waals surface area contributed by atoms with Crippen molar-refractivity contribution < 1.29 is 46.1 Å². The van der Waals surface area contributed by atoms with Crippen molar-refractivity contribution in [1.29, 1.82) is 0 Å². The maximum atomic E-state index is 13.5. The van der Waals surface area contributed by atoms with Crippen LogP contribution in [0.1, 0.15) is 10.4 Å². The van der Waals surface area contributed by atoms with Gasteiger partial charge in [-0.15, -0.1) is 11.3 Å². The minimum absolute atomic E-state index is 0.0443. The van der Waals surface area contributed by atoms with E-state index in [1.54, 1.807) is 17.6 Å². The molecule has 0 bridgehead atoms. The Morgan fingerprint density at radius 1 is 0.975 bits per heavy atom. The normalized spacial score (nSPS) is 14.8. The highest BCUT2D eigenvalue weighted by molar-refractivity contribution is 7.10. The topological polar surface area (TPSA) is 133 Å².